The molecular formula is C24H23N2O2S+. The average molecular weight is 404 g/mol. The number of aromatic amines is 1. The molecular weight excluding hydrogens is 380 g/mol. The summed E-state index contributed by atoms with van der Waals surface area (Å²) in [5.41, 5.74) is 4.67. The van der Waals surface area contributed by atoms with Crippen LogP contribution in [0.4, 0.5) is 5.69 Å². The van der Waals surface area contributed by atoms with Crippen molar-refractivity contribution >= 4 is 26.4 Å². The fourth-order valence-electron chi connectivity index (χ4n) is 3.36. The normalized spacial score (nSPS) is 11.5. The van der Waals surface area contributed by atoms with Gasteiger partial charge in [-0.05, 0) is 43.2 Å². The minimum absolute atomic E-state index is 0.246. The van der Waals surface area contributed by atoms with E-state index in [4.69, 9.17) is 0 Å². The molecule has 0 saturated heterocycles. The van der Waals surface area contributed by atoms with Gasteiger partial charge in [0, 0.05) is 12.6 Å². The Morgan fingerprint density at radius 3 is 2.28 bits per heavy atom. The Hall–Kier alpha value is -3.18. The quantitative estimate of drug-likeness (QED) is 0.525. The van der Waals surface area contributed by atoms with E-state index in [1.54, 1.807) is 18.3 Å². The van der Waals surface area contributed by atoms with Crippen molar-refractivity contribution in [2.75, 3.05) is 5.32 Å². The summed E-state index contributed by atoms with van der Waals surface area (Å²) in [5, 5.41) is 4.24. The Balaban J connectivity index is 1.87. The highest BCUT2D eigenvalue weighted by Crippen LogP contribution is 2.32. The number of fused-ring (bicyclic) bond motifs is 1. The Labute approximate surface area is 171 Å². The smallest absolute Gasteiger partial charge is 0.214 e. The number of hydrogen-bond donors (Lipinski definition) is 1. The Kier molecular flexibility index (Phi) is 5.07. The van der Waals surface area contributed by atoms with E-state index in [0.29, 0.717) is 12.2 Å². The fourth-order valence-corrected chi connectivity index (χ4v) is 4.78. The van der Waals surface area contributed by atoms with Crippen LogP contribution in [0.25, 0.3) is 10.9 Å². The highest BCUT2D eigenvalue weighted by Gasteiger charge is 2.26. The first-order chi connectivity index (χ1) is 13.9. The van der Waals surface area contributed by atoms with Crippen LogP contribution in [-0.4, -0.2) is 8.42 Å². The second-order valence-electron chi connectivity index (χ2n) is 7.23. The number of aromatic nitrogens is 1. The van der Waals surface area contributed by atoms with E-state index in [0.717, 1.165) is 27.6 Å². The van der Waals surface area contributed by atoms with E-state index in [-0.39, 0.29) is 9.79 Å². The van der Waals surface area contributed by atoms with Gasteiger partial charge in [0.25, 0.3) is 0 Å². The number of hydrogen-bond acceptors (Lipinski definition) is 3. The lowest BCUT2D eigenvalue weighted by Crippen LogP contribution is -2.15. The molecule has 5 heteroatoms. The molecule has 0 bridgehead atoms. The van der Waals surface area contributed by atoms with E-state index in [2.05, 4.69) is 10.3 Å². The van der Waals surface area contributed by atoms with E-state index in [1.165, 1.54) is 0 Å². The predicted molar refractivity (Wildman–Crippen MR) is 116 cm³/mol. The van der Waals surface area contributed by atoms with Crippen molar-refractivity contribution < 1.29 is 13.4 Å². The van der Waals surface area contributed by atoms with Gasteiger partial charge in [-0.15, -0.1) is 0 Å². The Morgan fingerprint density at radius 2 is 1.55 bits per heavy atom. The molecule has 1 aromatic heterocycles. The molecule has 146 valence electrons. The molecule has 0 aliphatic heterocycles. The van der Waals surface area contributed by atoms with Gasteiger partial charge in [0.1, 0.15) is 0 Å². The number of H-pyrrole nitrogens is 1. The Bertz CT molecular complexity index is 1270. The third-order valence-corrected chi connectivity index (χ3v) is 6.78. The lowest BCUT2D eigenvalue weighted by Gasteiger charge is -2.13. The van der Waals surface area contributed by atoms with E-state index < -0.39 is 9.84 Å². The van der Waals surface area contributed by atoms with Crippen molar-refractivity contribution in [1.82, 2.24) is 0 Å². The third kappa shape index (κ3) is 3.87. The first kappa shape index (κ1) is 19.2. The Morgan fingerprint density at radius 1 is 0.862 bits per heavy atom. The van der Waals surface area contributed by atoms with Gasteiger partial charge in [-0.3, -0.25) is 0 Å². The summed E-state index contributed by atoms with van der Waals surface area (Å²) in [5.74, 6) is 0. The van der Waals surface area contributed by atoms with Crippen LogP contribution in [0.15, 0.2) is 88.8 Å². The maximum Gasteiger partial charge on any atom is 0.214 e. The van der Waals surface area contributed by atoms with Crippen LogP contribution < -0.4 is 10.3 Å². The number of anilines is 1. The second kappa shape index (κ2) is 7.68. The molecule has 1 heterocycles. The molecule has 0 aliphatic carbocycles. The van der Waals surface area contributed by atoms with Crippen molar-refractivity contribution in [2.24, 2.45) is 0 Å². The van der Waals surface area contributed by atoms with Crippen molar-refractivity contribution in [3.63, 3.8) is 0 Å². The number of aryl methyl sites for hydroxylation is 2. The lowest BCUT2D eigenvalue weighted by atomic mass is 10.1. The summed E-state index contributed by atoms with van der Waals surface area (Å²) in [6, 6.07) is 22.9. The number of pyridine rings is 1. The molecule has 4 aromatic rings. The zero-order valence-corrected chi connectivity index (χ0v) is 17.3. The molecule has 4 nitrogen and oxygen atoms in total. The second-order valence-corrected chi connectivity index (χ2v) is 9.15. The van der Waals surface area contributed by atoms with Gasteiger partial charge in [0.15, 0.2) is 11.1 Å². The highest BCUT2D eigenvalue weighted by atomic mass is 32.2. The summed E-state index contributed by atoms with van der Waals surface area (Å²) in [4.78, 5) is 3.68. The monoisotopic (exact) mass is 403 g/mol. The highest BCUT2D eigenvalue weighted by molar-refractivity contribution is 7.91. The van der Waals surface area contributed by atoms with E-state index in [1.807, 2.05) is 74.5 Å². The van der Waals surface area contributed by atoms with Gasteiger partial charge in [0.05, 0.1) is 16.0 Å². The molecule has 0 fully saturated rings. The fraction of sp³-hybridized carbons (Fsp3) is 0.125. The largest absolute Gasteiger partial charge is 0.379 e. The molecule has 2 N–H and O–H groups in total. The number of sulfone groups is 1. The summed E-state index contributed by atoms with van der Waals surface area (Å²) >= 11 is 0. The zero-order chi connectivity index (χ0) is 20.4. The summed E-state index contributed by atoms with van der Waals surface area (Å²) in [7, 11) is -3.69. The molecule has 0 amide bonds. The standard InChI is InChI=1S/C24H22N2O2S/c1-17-8-11-20(12-9-17)29(27,28)23-16-25-22-13-10-18(2)14-21(22)24(23)26-15-19-6-4-3-5-7-19/h3-14,16H,15H2,1-2H3,(H,25,26)/p+1. The SMILES string of the molecule is Cc1ccc(S(=O)(=O)c2c[nH+]c3ccc(C)cc3c2NCc2ccccc2)cc1. The average Bonchev–Trinajstić information content (AvgIpc) is 2.73. The molecule has 0 atom stereocenters. The number of nitrogens with one attached hydrogen (secondary N) is 2. The van der Waals surface area contributed by atoms with Crippen LogP contribution >= 0.6 is 0 Å². The van der Waals surface area contributed by atoms with Gasteiger partial charge in [-0.2, -0.15) is 0 Å². The number of benzene rings is 3. The first-order valence-electron chi connectivity index (χ1n) is 9.50. The van der Waals surface area contributed by atoms with Gasteiger partial charge in [-0.1, -0.05) is 54.1 Å². The number of rotatable bonds is 5. The first-order valence-corrected chi connectivity index (χ1v) is 11.0. The van der Waals surface area contributed by atoms with Gasteiger partial charge in [0.2, 0.25) is 15.4 Å². The van der Waals surface area contributed by atoms with Crippen molar-refractivity contribution in [3.05, 3.63) is 95.7 Å². The van der Waals surface area contributed by atoms with Crippen molar-refractivity contribution in [3.8, 4) is 0 Å². The maximum absolute atomic E-state index is 13.4. The molecule has 0 spiro atoms. The van der Waals surface area contributed by atoms with Crippen LogP contribution in [0.1, 0.15) is 16.7 Å². The summed E-state index contributed by atoms with van der Waals surface area (Å²) in [6.45, 7) is 4.47. The van der Waals surface area contributed by atoms with E-state index >= 15 is 0 Å². The van der Waals surface area contributed by atoms with Crippen molar-refractivity contribution in [2.45, 2.75) is 30.2 Å². The molecule has 0 aliphatic rings. The van der Waals surface area contributed by atoms with Crippen LogP contribution in [0.2, 0.25) is 0 Å². The summed E-state index contributed by atoms with van der Waals surface area (Å²) in [6.07, 6.45) is 1.58. The maximum atomic E-state index is 13.4. The minimum atomic E-state index is -3.69. The van der Waals surface area contributed by atoms with Gasteiger partial charge in [-0.25, -0.2) is 13.4 Å². The zero-order valence-electron chi connectivity index (χ0n) is 16.4. The topological polar surface area (TPSA) is 60.3 Å². The third-order valence-electron chi connectivity index (χ3n) is 4.98. The van der Waals surface area contributed by atoms with Crippen molar-refractivity contribution in [1.29, 1.82) is 0 Å². The van der Waals surface area contributed by atoms with Crippen LogP contribution in [0, 0.1) is 13.8 Å². The van der Waals surface area contributed by atoms with Crippen LogP contribution in [-0.2, 0) is 16.4 Å². The summed E-state index contributed by atoms with van der Waals surface area (Å²) < 4.78 is 26.9. The van der Waals surface area contributed by atoms with Gasteiger partial charge >= 0.3 is 0 Å². The molecule has 0 unspecified atom stereocenters. The minimum Gasteiger partial charge on any atom is -0.379 e. The van der Waals surface area contributed by atoms with Gasteiger partial charge < -0.3 is 5.32 Å². The molecule has 0 saturated carbocycles. The van der Waals surface area contributed by atoms with Crippen LogP contribution in [0.3, 0.4) is 0 Å². The molecule has 3 aromatic carbocycles. The molecule has 4 rings (SSSR count). The lowest BCUT2D eigenvalue weighted by molar-refractivity contribution is -0.347. The van der Waals surface area contributed by atoms with E-state index in [9.17, 15) is 8.42 Å². The molecule has 29 heavy (non-hydrogen) atoms. The molecule has 0 radical (unpaired) electrons. The predicted octanol–water partition coefficient (Wildman–Crippen LogP) is 4.72. The van der Waals surface area contributed by atoms with Crippen LogP contribution in [0.5, 0.6) is 0 Å².